The molecule has 21 heavy (non-hydrogen) atoms. The van der Waals surface area contributed by atoms with Crippen molar-refractivity contribution < 1.29 is 9.13 Å². The van der Waals surface area contributed by atoms with E-state index in [1.165, 1.54) is 6.07 Å². The summed E-state index contributed by atoms with van der Waals surface area (Å²) in [6.07, 6.45) is 0.699. The smallest absolute Gasteiger partial charge is 0.137 e. The zero-order valence-electron chi connectivity index (χ0n) is 12.2. The Hall–Kier alpha value is -1.39. The molecule has 0 heterocycles. The van der Waals surface area contributed by atoms with Crippen molar-refractivity contribution in [2.75, 3.05) is 13.7 Å². The first-order valence-corrected chi connectivity index (χ1v) is 7.78. The van der Waals surface area contributed by atoms with Gasteiger partial charge < -0.3 is 10.1 Å². The van der Waals surface area contributed by atoms with Crippen LogP contribution in [0.15, 0.2) is 46.9 Å². The minimum Gasteiger partial charge on any atom is -0.494 e. The molecule has 0 aliphatic carbocycles. The molecule has 0 amide bonds. The molecule has 0 spiro atoms. The van der Waals surface area contributed by atoms with Crippen LogP contribution in [0.4, 0.5) is 4.39 Å². The molecular weight excluding hydrogens is 333 g/mol. The fraction of sp³-hybridized carbons (Fsp3) is 0.294. The third-order valence-electron chi connectivity index (χ3n) is 3.38. The summed E-state index contributed by atoms with van der Waals surface area (Å²) in [5.74, 6) is 0.624. The number of ether oxygens (including phenoxy) is 1. The zero-order valence-corrected chi connectivity index (χ0v) is 13.8. The number of likely N-dealkylation sites (N-methyl/N-ethyl adjacent to an activating group) is 1. The Balaban J connectivity index is 2.23. The molecule has 4 heteroatoms. The van der Waals surface area contributed by atoms with Crippen molar-refractivity contribution in [3.63, 3.8) is 0 Å². The topological polar surface area (TPSA) is 21.3 Å². The second kappa shape index (κ2) is 7.57. The van der Waals surface area contributed by atoms with Crippen LogP contribution in [0.3, 0.4) is 0 Å². The van der Waals surface area contributed by atoms with Crippen molar-refractivity contribution in [1.29, 1.82) is 0 Å². The second-order valence-corrected chi connectivity index (χ2v) is 5.56. The van der Waals surface area contributed by atoms with Crippen molar-refractivity contribution in [2.24, 2.45) is 0 Å². The number of hydrogen-bond donors (Lipinski definition) is 1. The van der Waals surface area contributed by atoms with Crippen molar-refractivity contribution >= 4 is 15.9 Å². The minimum absolute atomic E-state index is 0.100. The van der Waals surface area contributed by atoms with Gasteiger partial charge in [-0.3, -0.25) is 0 Å². The number of rotatable bonds is 6. The Kier molecular flexibility index (Phi) is 5.76. The summed E-state index contributed by atoms with van der Waals surface area (Å²) >= 11 is 3.32. The summed E-state index contributed by atoms with van der Waals surface area (Å²) in [7, 11) is 1.91. The van der Waals surface area contributed by atoms with Crippen molar-refractivity contribution in [2.45, 2.75) is 19.4 Å². The Morgan fingerprint density at radius 3 is 2.71 bits per heavy atom. The molecule has 0 bridgehead atoms. The lowest BCUT2D eigenvalue weighted by molar-refractivity contribution is 0.339. The highest BCUT2D eigenvalue weighted by molar-refractivity contribution is 9.10. The van der Waals surface area contributed by atoms with Crippen LogP contribution in [-0.2, 0) is 6.42 Å². The number of hydrogen-bond acceptors (Lipinski definition) is 2. The van der Waals surface area contributed by atoms with Gasteiger partial charge in [-0.05, 0) is 65.6 Å². The summed E-state index contributed by atoms with van der Waals surface area (Å²) in [6.45, 7) is 2.61. The van der Waals surface area contributed by atoms with Crippen LogP contribution in [0.25, 0.3) is 0 Å². The predicted molar refractivity (Wildman–Crippen MR) is 87.2 cm³/mol. The first-order chi connectivity index (χ1) is 10.2. The van der Waals surface area contributed by atoms with E-state index in [4.69, 9.17) is 4.74 Å². The molecule has 2 aromatic rings. The van der Waals surface area contributed by atoms with Gasteiger partial charge in [0, 0.05) is 6.04 Å². The van der Waals surface area contributed by atoms with E-state index < -0.39 is 0 Å². The lowest BCUT2D eigenvalue weighted by atomic mass is 9.99. The molecular formula is C17H19BrFNO. The van der Waals surface area contributed by atoms with Crippen LogP contribution >= 0.6 is 15.9 Å². The van der Waals surface area contributed by atoms with Gasteiger partial charge >= 0.3 is 0 Å². The molecule has 1 N–H and O–H groups in total. The van der Waals surface area contributed by atoms with Crippen LogP contribution in [-0.4, -0.2) is 13.7 Å². The average molecular weight is 352 g/mol. The fourth-order valence-corrected chi connectivity index (χ4v) is 2.73. The van der Waals surface area contributed by atoms with E-state index >= 15 is 0 Å². The normalized spacial score (nSPS) is 12.2. The molecule has 0 fully saturated rings. The monoisotopic (exact) mass is 351 g/mol. The van der Waals surface area contributed by atoms with E-state index in [1.54, 1.807) is 6.07 Å². The van der Waals surface area contributed by atoms with Crippen LogP contribution in [0.2, 0.25) is 0 Å². The molecule has 2 nitrogen and oxygen atoms in total. The van der Waals surface area contributed by atoms with E-state index in [0.29, 0.717) is 17.5 Å². The van der Waals surface area contributed by atoms with Crippen LogP contribution < -0.4 is 10.1 Å². The average Bonchev–Trinajstić information content (AvgIpc) is 2.49. The van der Waals surface area contributed by atoms with Gasteiger partial charge in [0.15, 0.2) is 0 Å². The SMILES string of the molecule is CCOc1cccc(C(Cc2cccc(F)c2Br)NC)c1. The molecule has 112 valence electrons. The third kappa shape index (κ3) is 4.05. The van der Waals surface area contributed by atoms with E-state index in [9.17, 15) is 4.39 Å². The molecule has 0 aliphatic rings. The highest BCUT2D eigenvalue weighted by atomic mass is 79.9. The van der Waals surface area contributed by atoms with E-state index in [0.717, 1.165) is 16.9 Å². The Morgan fingerprint density at radius 1 is 1.24 bits per heavy atom. The third-order valence-corrected chi connectivity index (χ3v) is 4.26. The van der Waals surface area contributed by atoms with Gasteiger partial charge in [0.25, 0.3) is 0 Å². The number of nitrogens with one attached hydrogen (secondary N) is 1. The van der Waals surface area contributed by atoms with Crippen LogP contribution in [0.1, 0.15) is 24.1 Å². The molecule has 0 saturated carbocycles. The fourth-order valence-electron chi connectivity index (χ4n) is 2.30. The largest absolute Gasteiger partial charge is 0.494 e. The predicted octanol–water partition coefficient (Wildman–Crippen LogP) is 4.49. The molecule has 2 aromatic carbocycles. The van der Waals surface area contributed by atoms with Crippen molar-refractivity contribution in [3.8, 4) is 5.75 Å². The highest BCUT2D eigenvalue weighted by Crippen LogP contribution is 2.27. The van der Waals surface area contributed by atoms with Gasteiger partial charge in [0.2, 0.25) is 0 Å². The van der Waals surface area contributed by atoms with Gasteiger partial charge in [-0.15, -0.1) is 0 Å². The maximum absolute atomic E-state index is 13.6. The molecule has 1 unspecified atom stereocenters. The summed E-state index contributed by atoms with van der Waals surface area (Å²) in [5, 5.41) is 3.28. The molecule has 2 rings (SSSR count). The van der Waals surface area contributed by atoms with E-state index in [-0.39, 0.29) is 11.9 Å². The molecule has 0 aliphatic heterocycles. The van der Waals surface area contributed by atoms with E-state index in [2.05, 4.69) is 27.3 Å². The first-order valence-electron chi connectivity index (χ1n) is 6.98. The molecule has 1 atom stereocenters. The minimum atomic E-state index is -0.231. The van der Waals surface area contributed by atoms with E-state index in [1.807, 2.05) is 38.2 Å². The van der Waals surface area contributed by atoms with Crippen molar-refractivity contribution in [1.82, 2.24) is 5.32 Å². The van der Waals surface area contributed by atoms with Crippen LogP contribution in [0.5, 0.6) is 5.75 Å². The lowest BCUT2D eigenvalue weighted by Crippen LogP contribution is -2.19. The first kappa shape index (κ1) is 16.0. The van der Waals surface area contributed by atoms with Gasteiger partial charge in [-0.25, -0.2) is 4.39 Å². The maximum atomic E-state index is 13.6. The Morgan fingerprint density at radius 2 is 2.00 bits per heavy atom. The molecule has 0 aromatic heterocycles. The van der Waals surface area contributed by atoms with Gasteiger partial charge in [-0.2, -0.15) is 0 Å². The summed E-state index contributed by atoms with van der Waals surface area (Å²) in [6, 6.07) is 13.2. The van der Waals surface area contributed by atoms with Gasteiger partial charge in [-0.1, -0.05) is 24.3 Å². The molecule has 0 radical (unpaired) electrons. The zero-order chi connectivity index (χ0) is 15.2. The summed E-state index contributed by atoms with van der Waals surface area (Å²) in [4.78, 5) is 0. The summed E-state index contributed by atoms with van der Waals surface area (Å²) in [5.41, 5.74) is 2.07. The Labute approximate surface area is 133 Å². The summed E-state index contributed by atoms with van der Waals surface area (Å²) < 4.78 is 19.7. The quantitative estimate of drug-likeness (QED) is 0.827. The van der Waals surface area contributed by atoms with Crippen molar-refractivity contribution in [3.05, 3.63) is 63.9 Å². The lowest BCUT2D eigenvalue weighted by Gasteiger charge is -2.18. The van der Waals surface area contributed by atoms with Gasteiger partial charge in [0.05, 0.1) is 11.1 Å². The highest BCUT2D eigenvalue weighted by Gasteiger charge is 2.14. The maximum Gasteiger partial charge on any atom is 0.137 e. The standard InChI is InChI=1S/C17H19BrFNO/c1-3-21-14-8-4-6-12(10-14)16(20-2)11-13-7-5-9-15(19)17(13)18/h4-10,16,20H,3,11H2,1-2H3. The molecule has 0 saturated heterocycles. The number of halogens is 2. The Bertz CT molecular complexity index is 603. The number of benzene rings is 2. The van der Waals surface area contributed by atoms with Gasteiger partial charge in [0.1, 0.15) is 11.6 Å². The van der Waals surface area contributed by atoms with Crippen LogP contribution in [0, 0.1) is 5.82 Å². The second-order valence-electron chi connectivity index (χ2n) is 4.76.